The van der Waals surface area contributed by atoms with Gasteiger partial charge in [-0.3, -0.25) is 9.89 Å². The summed E-state index contributed by atoms with van der Waals surface area (Å²) < 4.78 is 32.4. The fourth-order valence-corrected chi connectivity index (χ4v) is 3.08. The van der Waals surface area contributed by atoms with Crippen LogP contribution in [0.2, 0.25) is 0 Å². The predicted octanol–water partition coefficient (Wildman–Crippen LogP) is 4.16. The number of hydrogen-bond donors (Lipinski definition) is 2. The zero-order valence-corrected chi connectivity index (χ0v) is 15.3. The SMILES string of the molecule is COc1c(C(=O)NCC2CC2)ccc2[nH]nc(C=Cc3ccc(F)cc3F)c12. The number of nitrogens with zero attached hydrogens (tertiary/aromatic N) is 1. The van der Waals surface area contributed by atoms with Gasteiger partial charge in [-0.25, -0.2) is 8.78 Å². The molecule has 0 unspecified atom stereocenters. The maximum atomic E-state index is 13.9. The monoisotopic (exact) mass is 383 g/mol. The van der Waals surface area contributed by atoms with Crippen molar-refractivity contribution in [1.82, 2.24) is 15.5 Å². The quantitative estimate of drug-likeness (QED) is 0.672. The first kappa shape index (κ1) is 18.2. The Kier molecular flexibility index (Phi) is 4.81. The molecule has 1 aromatic heterocycles. The van der Waals surface area contributed by atoms with Crippen LogP contribution in [0.1, 0.15) is 34.5 Å². The number of aromatic nitrogens is 2. The Bertz CT molecular complexity index is 1070. The molecule has 1 aliphatic rings. The fraction of sp³-hybridized carbons (Fsp3) is 0.238. The molecule has 1 heterocycles. The molecule has 1 saturated carbocycles. The van der Waals surface area contributed by atoms with Crippen molar-refractivity contribution in [3.63, 3.8) is 0 Å². The van der Waals surface area contributed by atoms with Crippen LogP contribution >= 0.6 is 0 Å². The summed E-state index contributed by atoms with van der Waals surface area (Å²) in [6.07, 6.45) is 5.40. The van der Waals surface area contributed by atoms with Crippen molar-refractivity contribution in [2.45, 2.75) is 12.8 Å². The second-order valence-electron chi connectivity index (χ2n) is 6.83. The third-order valence-corrected chi connectivity index (χ3v) is 4.79. The summed E-state index contributed by atoms with van der Waals surface area (Å²) in [4.78, 5) is 12.6. The van der Waals surface area contributed by atoms with E-state index in [0.29, 0.717) is 40.4 Å². The number of aromatic amines is 1. The largest absolute Gasteiger partial charge is 0.495 e. The molecule has 0 saturated heterocycles. The molecule has 144 valence electrons. The summed E-state index contributed by atoms with van der Waals surface area (Å²) in [7, 11) is 1.49. The number of amides is 1. The first-order valence-corrected chi connectivity index (χ1v) is 9.03. The predicted molar refractivity (Wildman–Crippen MR) is 103 cm³/mol. The number of ether oxygens (including phenoxy) is 1. The average Bonchev–Trinajstić information content (AvgIpc) is 3.43. The van der Waals surface area contributed by atoms with E-state index < -0.39 is 11.6 Å². The smallest absolute Gasteiger partial charge is 0.255 e. The number of nitrogens with one attached hydrogen (secondary N) is 2. The van der Waals surface area contributed by atoms with E-state index in [1.165, 1.54) is 25.3 Å². The van der Waals surface area contributed by atoms with E-state index in [1.54, 1.807) is 18.2 Å². The Balaban J connectivity index is 1.69. The number of carbonyl (C=O) groups excluding carboxylic acids is 1. The molecule has 3 aromatic rings. The maximum absolute atomic E-state index is 13.9. The summed E-state index contributed by atoms with van der Waals surface area (Å²) in [5, 5.41) is 10.7. The van der Waals surface area contributed by atoms with Gasteiger partial charge in [-0.2, -0.15) is 5.10 Å². The van der Waals surface area contributed by atoms with Gasteiger partial charge in [-0.15, -0.1) is 0 Å². The highest BCUT2D eigenvalue weighted by Gasteiger charge is 2.24. The van der Waals surface area contributed by atoms with Crippen molar-refractivity contribution in [1.29, 1.82) is 0 Å². The van der Waals surface area contributed by atoms with Crippen LogP contribution in [0.15, 0.2) is 30.3 Å². The van der Waals surface area contributed by atoms with Crippen molar-refractivity contribution in [3.8, 4) is 5.75 Å². The van der Waals surface area contributed by atoms with Gasteiger partial charge >= 0.3 is 0 Å². The van der Waals surface area contributed by atoms with Crippen molar-refractivity contribution in [3.05, 3.63) is 58.8 Å². The molecule has 2 aromatic carbocycles. The molecule has 1 fully saturated rings. The summed E-state index contributed by atoms with van der Waals surface area (Å²) in [5.41, 5.74) is 1.83. The summed E-state index contributed by atoms with van der Waals surface area (Å²) in [5.74, 6) is -0.534. The van der Waals surface area contributed by atoms with Crippen molar-refractivity contribution in [2.75, 3.05) is 13.7 Å². The molecular formula is C21H19F2N3O2. The average molecular weight is 383 g/mol. The molecule has 1 amide bonds. The third kappa shape index (κ3) is 3.60. The minimum absolute atomic E-state index is 0.202. The molecule has 5 nitrogen and oxygen atoms in total. The molecular weight excluding hydrogens is 364 g/mol. The van der Waals surface area contributed by atoms with Gasteiger partial charge in [0.25, 0.3) is 5.91 Å². The first-order valence-electron chi connectivity index (χ1n) is 9.03. The van der Waals surface area contributed by atoms with Gasteiger partial charge in [0, 0.05) is 18.2 Å². The standard InChI is InChI=1S/C21H19F2N3O2/c1-28-20-15(21(27)24-11-12-2-3-12)7-9-18-19(20)17(25-26-18)8-5-13-4-6-14(22)10-16(13)23/h4-10,12H,2-3,11H2,1H3,(H,24,27)(H,25,26). The summed E-state index contributed by atoms with van der Waals surface area (Å²) in [6.45, 7) is 0.655. The Morgan fingerprint density at radius 2 is 2.11 bits per heavy atom. The minimum atomic E-state index is -0.664. The van der Waals surface area contributed by atoms with Gasteiger partial charge in [0.05, 0.1) is 29.3 Å². The van der Waals surface area contributed by atoms with Crippen LogP contribution in [0.25, 0.3) is 23.1 Å². The lowest BCUT2D eigenvalue weighted by Crippen LogP contribution is -2.26. The number of rotatable bonds is 6. The molecule has 0 radical (unpaired) electrons. The molecule has 0 atom stereocenters. The lowest BCUT2D eigenvalue weighted by Gasteiger charge is -2.10. The van der Waals surface area contributed by atoms with Gasteiger partial charge in [-0.1, -0.05) is 0 Å². The van der Waals surface area contributed by atoms with E-state index in [2.05, 4.69) is 15.5 Å². The molecule has 0 spiro atoms. The van der Waals surface area contributed by atoms with E-state index in [1.807, 2.05) is 0 Å². The van der Waals surface area contributed by atoms with Gasteiger partial charge in [0.2, 0.25) is 0 Å². The fourth-order valence-electron chi connectivity index (χ4n) is 3.08. The van der Waals surface area contributed by atoms with Crippen LogP contribution in [-0.4, -0.2) is 29.8 Å². The number of halogens is 2. The van der Waals surface area contributed by atoms with Gasteiger partial charge in [-0.05, 0) is 55.2 Å². The number of benzene rings is 2. The van der Waals surface area contributed by atoms with E-state index in [-0.39, 0.29) is 11.5 Å². The Morgan fingerprint density at radius 1 is 1.29 bits per heavy atom. The number of fused-ring (bicyclic) bond motifs is 1. The van der Waals surface area contributed by atoms with Gasteiger partial charge < -0.3 is 10.1 Å². The zero-order chi connectivity index (χ0) is 19.7. The molecule has 28 heavy (non-hydrogen) atoms. The lowest BCUT2D eigenvalue weighted by atomic mass is 10.1. The second kappa shape index (κ2) is 7.42. The normalized spacial score (nSPS) is 14.0. The van der Waals surface area contributed by atoms with Crippen LogP contribution in [-0.2, 0) is 0 Å². The minimum Gasteiger partial charge on any atom is -0.495 e. The van der Waals surface area contributed by atoms with E-state index in [0.717, 1.165) is 18.9 Å². The molecule has 0 aliphatic heterocycles. The van der Waals surface area contributed by atoms with Gasteiger partial charge in [0.1, 0.15) is 17.4 Å². The van der Waals surface area contributed by atoms with Crippen LogP contribution in [0, 0.1) is 17.6 Å². The van der Waals surface area contributed by atoms with E-state index in [4.69, 9.17) is 4.74 Å². The van der Waals surface area contributed by atoms with E-state index >= 15 is 0 Å². The Labute approximate surface area is 160 Å². The van der Waals surface area contributed by atoms with Crippen LogP contribution < -0.4 is 10.1 Å². The maximum Gasteiger partial charge on any atom is 0.255 e. The van der Waals surface area contributed by atoms with E-state index in [9.17, 15) is 13.6 Å². The molecule has 2 N–H and O–H groups in total. The summed E-state index contributed by atoms with van der Waals surface area (Å²) in [6, 6.07) is 6.81. The zero-order valence-electron chi connectivity index (χ0n) is 15.3. The third-order valence-electron chi connectivity index (χ3n) is 4.79. The number of methoxy groups -OCH3 is 1. The number of carbonyl (C=O) groups is 1. The highest BCUT2D eigenvalue weighted by Crippen LogP contribution is 2.33. The Hall–Kier alpha value is -3.22. The first-order chi connectivity index (χ1) is 13.6. The second-order valence-corrected chi connectivity index (χ2v) is 6.83. The highest BCUT2D eigenvalue weighted by atomic mass is 19.1. The van der Waals surface area contributed by atoms with Crippen molar-refractivity contribution in [2.24, 2.45) is 5.92 Å². The lowest BCUT2D eigenvalue weighted by molar-refractivity contribution is 0.0949. The molecule has 7 heteroatoms. The number of hydrogen-bond acceptors (Lipinski definition) is 3. The highest BCUT2D eigenvalue weighted by molar-refractivity contribution is 6.05. The van der Waals surface area contributed by atoms with Crippen LogP contribution in [0.5, 0.6) is 5.75 Å². The number of H-pyrrole nitrogens is 1. The van der Waals surface area contributed by atoms with Crippen molar-refractivity contribution < 1.29 is 18.3 Å². The van der Waals surface area contributed by atoms with Gasteiger partial charge in [0.15, 0.2) is 0 Å². The topological polar surface area (TPSA) is 67.0 Å². The molecule has 4 rings (SSSR count). The Morgan fingerprint density at radius 3 is 2.82 bits per heavy atom. The summed E-state index contributed by atoms with van der Waals surface area (Å²) >= 11 is 0. The molecule has 0 bridgehead atoms. The van der Waals surface area contributed by atoms with Crippen LogP contribution in [0.3, 0.4) is 0 Å². The van der Waals surface area contributed by atoms with Crippen molar-refractivity contribution >= 4 is 29.0 Å². The van der Waals surface area contributed by atoms with Crippen LogP contribution in [0.4, 0.5) is 8.78 Å². The molecule has 1 aliphatic carbocycles.